The van der Waals surface area contributed by atoms with Crippen molar-refractivity contribution in [3.05, 3.63) is 214 Å². The first kappa shape index (κ1) is 65.7. The van der Waals surface area contributed by atoms with Crippen LogP contribution in [-0.2, 0) is 45.0 Å². The van der Waals surface area contributed by atoms with Crippen LogP contribution in [0.15, 0.2) is 158 Å². The van der Waals surface area contributed by atoms with Gasteiger partial charge in [-0.1, -0.05) is 131 Å². The Morgan fingerprint density at radius 2 is 0.821 bits per heavy atom. The summed E-state index contributed by atoms with van der Waals surface area (Å²) in [6.07, 6.45) is 3.11. The quantitative estimate of drug-likeness (QED) is 0.105. The average molecular weight is 1120 g/mol. The van der Waals surface area contributed by atoms with Crippen molar-refractivity contribution in [3.63, 3.8) is 0 Å². The molecule has 0 atom stereocenters. The fraction of sp³-hybridized carbons (Fsp3) is 0.242. The lowest BCUT2D eigenvalue weighted by Crippen LogP contribution is -2.23. The molecular weight excluding hydrogens is 1050 g/mol. The fourth-order valence-corrected chi connectivity index (χ4v) is 8.68. The molecule has 0 bridgehead atoms. The number of fused-ring (bicyclic) bond motifs is 4. The smallest absolute Gasteiger partial charge is 0.324 e. The van der Waals surface area contributed by atoms with E-state index in [1.165, 1.54) is 33.6 Å². The van der Waals surface area contributed by atoms with Crippen LogP contribution < -0.4 is 40.8 Å². The van der Waals surface area contributed by atoms with E-state index in [9.17, 15) is 0 Å². The summed E-state index contributed by atoms with van der Waals surface area (Å²) in [5, 5.41) is 18.0. The monoisotopic (exact) mass is 1120 g/mol. The molecule has 0 saturated heterocycles. The van der Waals surface area contributed by atoms with E-state index < -0.39 is 0 Å². The number of benzene rings is 6. The molecule has 0 aliphatic carbocycles. The molecule has 14 nitrogen and oxygen atoms in total. The van der Waals surface area contributed by atoms with E-state index >= 15 is 0 Å². The summed E-state index contributed by atoms with van der Waals surface area (Å²) in [7, 11) is 0. The second kappa shape index (κ2) is 34.4. The van der Waals surface area contributed by atoms with Gasteiger partial charge in [0.15, 0.2) is 5.69 Å². The van der Waals surface area contributed by atoms with E-state index in [1.54, 1.807) is 66.9 Å². The van der Waals surface area contributed by atoms with E-state index in [0.717, 1.165) is 39.7 Å². The fourth-order valence-electron chi connectivity index (χ4n) is 8.68. The van der Waals surface area contributed by atoms with Crippen LogP contribution in [0.5, 0.6) is 46.3 Å². The van der Waals surface area contributed by atoms with Gasteiger partial charge in [0.2, 0.25) is 17.4 Å². The summed E-state index contributed by atoms with van der Waals surface area (Å²) in [6.45, 7) is 41.0. The second-order valence-corrected chi connectivity index (χ2v) is 17.8. The Morgan fingerprint density at radius 3 is 1.25 bits per heavy atom. The highest BCUT2D eigenvalue weighted by Crippen LogP contribution is 2.30. The van der Waals surface area contributed by atoms with E-state index in [4.69, 9.17) is 61.2 Å². The van der Waals surface area contributed by atoms with Gasteiger partial charge in [-0.2, -0.15) is 10.5 Å². The predicted molar refractivity (Wildman–Crippen MR) is 339 cm³/mol. The first-order chi connectivity index (χ1) is 41.1. The molecule has 0 fully saturated rings. The molecule has 84 heavy (non-hydrogen) atoms. The summed E-state index contributed by atoms with van der Waals surface area (Å²) in [4.78, 5) is 14.8. The van der Waals surface area contributed by atoms with Crippen molar-refractivity contribution in [1.29, 1.82) is 10.5 Å². The number of pyridine rings is 2. The molecule has 0 radical (unpaired) electrons. The van der Waals surface area contributed by atoms with Crippen LogP contribution in [0, 0.1) is 35.8 Å². The van der Waals surface area contributed by atoms with E-state index in [2.05, 4.69) is 44.7 Å². The number of para-hydroxylation sites is 1. The Hall–Kier alpha value is -9.12. The molecule has 12 rings (SSSR count). The molecule has 6 aromatic carbocycles. The minimum Gasteiger partial charge on any atom is -0.457 e. The SMILES string of the molecule is CB1OCc2cc(Oc3ccccc3C#N)ccc21.CB1OCc2cc(Oc3ncccc3C#N)ccc21.CC.CC.CC.CC.[C-]#[N+]c1ccc(Oc2ccc3c(c2)COB3C)cc1.[C-]#[N+]c1ccc(Oc2ccc3c(c2)COB3C)nc1. The van der Waals surface area contributed by atoms with Crippen molar-refractivity contribution in [2.75, 3.05) is 0 Å². The number of rotatable bonds is 8. The summed E-state index contributed by atoms with van der Waals surface area (Å²) in [5.41, 5.74) is 11.5. The topological polar surface area (TPSA) is 156 Å². The molecule has 8 aromatic rings. The summed E-state index contributed by atoms with van der Waals surface area (Å²) in [6, 6.07) is 49.0. The number of ether oxygens (including phenoxy) is 4. The summed E-state index contributed by atoms with van der Waals surface area (Å²) >= 11 is 0. The lowest BCUT2D eigenvalue weighted by atomic mass is 9.64. The zero-order chi connectivity index (χ0) is 61.0. The van der Waals surface area contributed by atoms with Gasteiger partial charge in [-0.05, 0) is 141 Å². The van der Waals surface area contributed by atoms with Gasteiger partial charge in [0.1, 0.15) is 52.2 Å². The molecule has 4 aliphatic rings. The van der Waals surface area contributed by atoms with Crippen molar-refractivity contribution in [2.24, 2.45) is 0 Å². The molecular formula is C66H70B4N6O8. The van der Waals surface area contributed by atoms with Crippen molar-refractivity contribution >= 4 is 60.9 Å². The van der Waals surface area contributed by atoms with Crippen LogP contribution in [0.1, 0.15) is 88.8 Å². The Kier molecular flexibility index (Phi) is 26.9. The lowest BCUT2D eigenvalue weighted by Gasteiger charge is -2.08. The van der Waals surface area contributed by atoms with Crippen LogP contribution in [0.2, 0.25) is 27.3 Å². The molecule has 0 unspecified atom stereocenters. The third-order valence-electron chi connectivity index (χ3n) is 12.8. The van der Waals surface area contributed by atoms with Crippen molar-refractivity contribution in [1.82, 2.24) is 9.97 Å². The Morgan fingerprint density at radius 1 is 0.429 bits per heavy atom. The number of nitrogens with zero attached hydrogens (tertiary/aromatic N) is 6. The van der Waals surface area contributed by atoms with Crippen LogP contribution in [0.25, 0.3) is 9.69 Å². The zero-order valence-electron chi connectivity index (χ0n) is 50.1. The van der Waals surface area contributed by atoms with Gasteiger partial charge >= 0.3 is 27.7 Å². The van der Waals surface area contributed by atoms with Crippen molar-refractivity contribution in [2.45, 2.75) is 109 Å². The van der Waals surface area contributed by atoms with Crippen LogP contribution in [0.3, 0.4) is 0 Å². The van der Waals surface area contributed by atoms with Crippen molar-refractivity contribution < 1.29 is 37.6 Å². The minimum absolute atomic E-state index is 0.133. The molecule has 18 heteroatoms. The molecule has 424 valence electrons. The van der Waals surface area contributed by atoms with Crippen LogP contribution >= 0.6 is 0 Å². The standard InChI is InChI=1S/2C15H12BNO2.2C14H11BN2O2.4C2H6/c1-16-15-8-7-14(9-11(15)10-18-16)19-13-5-3-12(17-2)4-6-13;1-16-14-7-6-13(8-12(14)10-18-16)19-15-5-3-2-4-11(15)9-17;1-15-13-5-4-12(7-10(13)9-18-15)19-14-6-3-11(16-2)8-17-14;1-15-13-5-4-12(7-11(13)9-18-15)19-14-10(8-16)3-2-6-17-14;4*1-2/h3-9H,10H2,1H3;2-8H,10H2,1H3;3-8H,9H2,1H3;2-7H,9H2,1H3;4*1-2H3. The van der Waals surface area contributed by atoms with Gasteiger partial charge in [0.05, 0.1) is 45.1 Å². The largest absolute Gasteiger partial charge is 0.457 e. The number of hydrogen-bond donors (Lipinski definition) is 0. The maximum Gasteiger partial charge on any atom is 0.324 e. The van der Waals surface area contributed by atoms with Gasteiger partial charge in [0.25, 0.3) is 0 Å². The number of hydrogen-bond acceptors (Lipinski definition) is 12. The molecule has 2 aromatic heterocycles. The number of aromatic nitrogens is 2. The van der Waals surface area contributed by atoms with Crippen LogP contribution in [0.4, 0.5) is 11.4 Å². The van der Waals surface area contributed by atoms with E-state index in [-0.39, 0.29) is 27.7 Å². The maximum atomic E-state index is 9.04. The van der Waals surface area contributed by atoms with E-state index in [0.29, 0.717) is 72.2 Å². The molecule has 0 saturated carbocycles. The Balaban J connectivity index is 0.000000197. The first-order valence-electron chi connectivity index (χ1n) is 28.4. The highest BCUT2D eigenvalue weighted by Gasteiger charge is 2.26. The molecule has 0 N–H and O–H groups in total. The lowest BCUT2D eigenvalue weighted by molar-refractivity contribution is 0.333. The maximum absolute atomic E-state index is 9.04. The van der Waals surface area contributed by atoms with Gasteiger partial charge in [-0.25, -0.2) is 19.7 Å². The average Bonchev–Trinajstić information content (AvgIpc) is 4.50. The first-order valence-corrected chi connectivity index (χ1v) is 28.4. The summed E-state index contributed by atoms with van der Waals surface area (Å²) < 4.78 is 45.1. The van der Waals surface area contributed by atoms with Crippen LogP contribution in [-0.4, -0.2) is 37.6 Å². The molecule has 0 amide bonds. The van der Waals surface area contributed by atoms with Gasteiger partial charge < -0.3 is 37.6 Å². The van der Waals surface area contributed by atoms with Gasteiger partial charge in [-0.15, -0.1) is 0 Å². The molecule has 4 aliphatic heterocycles. The van der Waals surface area contributed by atoms with Crippen molar-refractivity contribution in [3.8, 4) is 58.4 Å². The molecule has 0 spiro atoms. The molecule has 6 heterocycles. The highest BCUT2D eigenvalue weighted by atomic mass is 16.5. The van der Waals surface area contributed by atoms with Gasteiger partial charge in [0, 0.05) is 12.4 Å². The Bertz CT molecular complexity index is 3330. The Labute approximate surface area is 498 Å². The zero-order valence-corrected chi connectivity index (χ0v) is 50.1. The predicted octanol–water partition coefficient (Wildman–Crippen LogP) is 15.1. The second-order valence-electron chi connectivity index (χ2n) is 17.8. The van der Waals surface area contributed by atoms with Gasteiger partial charge in [-0.3, -0.25) is 0 Å². The third-order valence-corrected chi connectivity index (χ3v) is 12.8. The minimum atomic E-state index is 0.133. The highest BCUT2D eigenvalue weighted by molar-refractivity contribution is 6.68. The number of nitriles is 2. The third kappa shape index (κ3) is 17.9. The normalized spacial score (nSPS) is 12.0. The summed E-state index contributed by atoms with van der Waals surface area (Å²) in [5.74, 6) is 5.07. The van der Waals surface area contributed by atoms with E-state index in [1.807, 2.05) is 155 Å².